The molecule has 0 heterocycles. The maximum absolute atomic E-state index is 10.1. The first-order valence-corrected chi connectivity index (χ1v) is 8.45. The quantitative estimate of drug-likeness (QED) is 0.344. The Morgan fingerprint density at radius 3 is 1.14 bits per heavy atom. The number of halogens is 2. The van der Waals surface area contributed by atoms with Crippen molar-refractivity contribution >= 4 is 11.9 Å². The molecule has 0 aliphatic heterocycles. The summed E-state index contributed by atoms with van der Waals surface area (Å²) < 4.78 is 0. The Balaban J connectivity index is -0.000000333. The van der Waals surface area contributed by atoms with Gasteiger partial charge in [-0.1, -0.05) is 73.5 Å². The number of hydrogen-bond acceptors (Lipinski definition) is 6. The van der Waals surface area contributed by atoms with E-state index in [0.717, 1.165) is 12.8 Å². The van der Waals surface area contributed by atoms with Crippen LogP contribution in [-0.4, -0.2) is 24.0 Å². The molecule has 1 fully saturated rings. The van der Waals surface area contributed by atoms with Gasteiger partial charge in [-0.3, -0.25) is 0 Å². The predicted molar refractivity (Wildman–Crippen MR) is 96.0 cm³/mol. The number of hydrogen-bond donors (Lipinski definition) is 2. The fraction of sp³-hybridized carbons (Fsp3) is 0.300. The van der Waals surface area contributed by atoms with Gasteiger partial charge in [0.1, 0.15) is 0 Å². The summed E-state index contributed by atoms with van der Waals surface area (Å²) in [6.07, 6.45) is 4.80. The molecule has 0 saturated heterocycles. The van der Waals surface area contributed by atoms with Crippen LogP contribution >= 0.6 is 0 Å². The van der Waals surface area contributed by atoms with E-state index < -0.39 is 11.9 Å². The molecular formula is C20H24Cl2N2O4Pt. The average molecular weight is 622 g/mol. The summed E-state index contributed by atoms with van der Waals surface area (Å²) in [5.74, 6) is -2.26. The summed E-state index contributed by atoms with van der Waals surface area (Å²) in [6.45, 7) is 0. The first kappa shape index (κ1) is 32.2. The number of carbonyl (C=O) groups is 2. The van der Waals surface area contributed by atoms with Crippen molar-refractivity contribution in [2.24, 2.45) is 11.5 Å². The summed E-state index contributed by atoms with van der Waals surface area (Å²) in [6, 6.07) is 16.7. The molecule has 0 amide bonds. The Morgan fingerprint density at radius 2 is 0.966 bits per heavy atom. The van der Waals surface area contributed by atoms with E-state index in [4.69, 9.17) is 11.5 Å². The van der Waals surface area contributed by atoms with Crippen molar-refractivity contribution in [1.82, 2.24) is 0 Å². The Bertz CT molecular complexity index is 619. The number of benzene rings is 2. The van der Waals surface area contributed by atoms with E-state index in [1.807, 2.05) is 0 Å². The second-order valence-electron chi connectivity index (χ2n) is 5.92. The van der Waals surface area contributed by atoms with Crippen molar-refractivity contribution in [3.8, 4) is 0 Å². The molecule has 0 aromatic heterocycles. The molecule has 9 heteroatoms. The van der Waals surface area contributed by atoms with E-state index in [9.17, 15) is 19.8 Å². The first-order chi connectivity index (χ1) is 12.4. The number of aromatic carboxylic acids is 2. The van der Waals surface area contributed by atoms with Crippen LogP contribution in [-0.2, 0) is 21.1 Å². The molecule has 2 aromatic rings. The molecule has 1 aliphatic rings. The molecule has 162 valence electrons. The number of nitrogens with two attached hydrogens (primary N) is 2. The Kier molecular flexibility index (Phi) is 20.7. The second-order valence-corrected chi connectivity index (χ2v) is 5.92. The minimum absolute atomic E-state index is 0. The van der Waals surface area contributed by atoms with Crippen molar-refractivity contribution in [3.05, 3.63) is 71.8 Å². The molecule has 3 rings (SSSR count). The Labute approximate surface area is 198 Å². The summed E-state index contributed by atoms with van der Waals surface area (Å²) in [4.78, 5) is 20.2. The SMILES string of the molecule is N[C@@H]1CCCC[C@H]1N.O=C([O-])c1ccccc1.O=C([O-])c1ccccc1.[Cl-].[Cl-].[Pt+4]. The topological polar surface area (TPSA) is 132 Å². The van der Waals surface area contributed by atoms with E-state index in [1.165, 1.54) is 37.1 Å². The molecule has 0 radical (unpaired) electrons. The minimum Gasteiger partial charge on any atom is -1.00 e. The molecule has 0 unspecified atom stereocenters. The zero-order valence-electron chi connectivity index (χ0n) is 15.6. The van der Waals surface area contributed by atoms with Crippen LogP contribution in [0.1, 0.15) is 46.4 Å². The van der Waals surface area contributed by atoms with Gasteiger partial charge < -0.3 is 56.1 Å². The summed E-state index contributed by atoms with van der Waals surface area (Å²) in [7, 11) is 0. The smallest absolute Gasteiger partial charge is 1.00 e. The van der Waals surface area contributed by atoms with Crippen LogP contribution in [0.5, 0.6) is 0 Å². The van der Waals surface area contributed by atoms with Crippen LogP contribution < -0.4 is 46.5 Å². The van der Waals surface area contributed by atoms with Gasteiger partial charge in [0.25, 0.3) is 0 Å². The maximum atomic E-state index is 10.1. The van der Waals surface area contributed by atoms with E-state index in [1.54, 1.807) is 36.4 Å². The molecule has 1 saturated carbocycles. The van der Waals surface area contributed by atoms with Crippen LogP contribution in [0.4, 0.5) is 0 Å². The number of carboxylic acid groups (broad SMARTS) is 2. The fourth-order valence-electron chi connectivity index (χ4n) is 2.34. The molecule has 2 atom stereocenters. The van der Waals surface area contributed by atoms with Crippen molar-refractivity contribution in [3.63, 3.8) is 0 Å². The van der Waals surface area contributed by atoms with Crippen molar-refractivity contribution in [1.29, 1.82) is 0 Å². The van der Waals surface area contributed by atoms with Crippen LogP contribution in [0.2, 0.25) is 0 Å². The van der Waals surface area contributed by atoms with E-state index in [2.05, 4.69) is 0 Å². The standard InChI is InChI=1S/2C7H6O2.C6H14N2.2ClH.Pt/c2*8-7(9)6-4-2-1-3-5-6;7-5-3-1-2-4-6(5)8;;;/h2*1-5H,(H,8,9);5-6H,1-4,7-8H2;2*1H;/q;;;;;+4/p-4/t;;5-,6-;;;/m..1.../s1. The molecule has 2 aromatic carbocycles. The maximum Gasteiger partial charge on any atom is 4.00 e. The molecule has 0 bridgehead atoms. The first-order valence-electron chi connectivity index (χ1n) is 8.45. The fourth-order valence-corrected chi connectivity index (χ4v) is 2.34. The van der Waals surface area contributed by atoms with Crippen LogP contribution in [0.3, 0.4) is 0 Å². The third-order valence-electron chi connectivity index (χ3n) is 3.89. The Morgan fingerprint density at radius 1 is 0.690 bits per heavy atom. The third kappa shape index (κ3) is 14.2. The molecule has 4 N–H and O–H groups in total. The predicted octanol–water partition coefficient (Wildman–Crippen LogP) is -5.68. The molecular weight excluding hydrogens is 598 g/mol. The molecule has 6 nitrogen and oxygen atoms in total. The summed E-state index contributed by atoms with van der Waals surface area (Å²) in [5.41, 5.74) is 11.7. The number of carboxylic acids is 2. The van der Waals surface area contributed by atoms with Gasteiger partial charge in [-0.2, -0.15) is 0 Å². The van der Waals surface area contributed by atoms with Crippen molar-refractivity contribution in [2.75, 3.05) is 0 Å². The average Bonchev–Trinajstić information content (AvgIpc) is 2.66. The van der Waals surface area contributed by atoms with Gasteiger partial charge in [0.05, 0.1) is 11.9 Å². The third-order valence-corrected chi connectivity index (χ3v) is 3.89. The van der Waals surface area contributed by atoms with Gasteiger partial charge in [-0.25, -0.2) is 0 Å². The zero-order valence-corrected chi connectivity index (χ0v) is 19.4. The van der Waals surface area contributed by atoms with Gasteiger partial charge in [0.15, 0.2) is 0 Å². The van der Waals surface area contributed by atoms with Crippen LogP contribution in [0.15, 0.2) is 60.7 Å². The Hall–Kier alpha value is -1.43. The van der Waals surface area contributed by atoms with E-state index in [0.29, 0.717) is 0 Å². The molecule has 0 spiro atoms. The van der Waals surface area contributed by atoms with Gasteiger partial charge >= 0.3 is 21.1 Å². The number of carbonyl (C=O) groups excluding carboxylic acids is 2. The molecule has 29 heavy (non-hydrogen) atoms. The number of rotatable bonds is 2. The van der Waals surface area contributed by atoms with Crippen LogP contribution in [0, 0.1) is 0 Å². The summed E-state index contributed by atoms with van der Waals surface area (Å²) in [5, 5.41) is 20.2. The van der Waals surface area contributed by atoms with Gasteiger partial charge in [0, 0.05) is 12.1 Å². The second kappa shape index (κ2) is 18.6. The van der Waals surface area contributed by atoms with Gasteiger partial charge in [-0.15, -0.1) is 0 Å². The van der Waals surface area contributed by atoms with Crippen LogP contribution in [0.25, 0.3) is 0 Å². The van der Waals surface area contributed by atoms with Crippen molar-refractivity contribution < 1.29 is 65.7 Å². The largest absolute Gasteiger partial charge is 4.00 e. The van der Waals surface area contributed by atoms with E-state index >= 15 is 0 Å². The van der Waals surface area contributed by atoms with Gasteiger partial charge in [-0.05, 0) is 24.0 Å². The van der Waals surface area contributed by atoms with Gasteiger partial charge in [0.2, 0.25) is 0 Å². The minimum atomic E-state index is -1.13. The van der Waals surface area contributed by atoms with Crippen molar-refractivity contribution in [2.45, 2.75) is 37.8 Å². The molecule has 1 aliphatic carbocycles. The normalized spacial score (nSPS) is 16.5. The summed E-state index contributed by atoms with van der Waals surface area (Å²) >= 11 is 0. The zero-order chi connectivity index (χ0) is 19.4. The monoisotopic (exact) mass is 621 g/mol. The van der Waals surface area contributed by atoms with E-state index in [-0.39, 0.29) is 69.1 Å².